The lowest BCUT2D eigenvalue weighted by atomic mass is 9.98. The monoisotopic (exact) mass is 228 g/mol. The third-order valence-corrected chi connectivity index (χ3v) is 4.18. The molecule has 4 heteroatoms. The molecule has 2 heterocycles. The van der Waals surface area contributed by atoms with E-state index >= 15 is 0 Å². The first kappa shape index (κ1) is 10.5. The molecule has 0 aliphatic carbocycles. The maximum absolute atomic E-state index is 4.60. The van der Waals surface area contributed by atoms with Crippen molar-refractivity contribution in [2.75, 3.05) is 20.1 Å². The van der Waals surface area contributed by atoms with E-state index in [1.165, 1.54) is 30.9 Å². The zero-order chi connectivity index (χ0) is 9.97. The Bertz CT molecular complexity index is 290. The van der Waals surface area contributed by atoms with Gasteiger partial charge in [0.05, 0.1) is 10.7 Å². The zero-order valence-electron chi connectivity index (χ0n) is 8.44. The molecule has 2 nitrogen and oxygen atoms in total. The number of thiazole rings is 1. The van der Waals surface area contributed by atoms with Gasteiger partial charge in [0.15, 0.2) is 0 Å². The summed E-state index contributed by atoms with van der Waals surface area (Å²) in [5.41, 5.74) is 1.13. The Kier molecular flexibility index (Phi) is 3.47. The molecule has 1 aliphatic heterocycles. The van der Waals surface area contributed by atoms with E-state index in [0.717, 1.165) is 11.4 Å². The molecule has 1 saturated heterocycles. The summed E-state index contributed by atoms with van der Waals surface area (Å²) in [6.45, 7) is 2.42. The smallest absolute Gasteiger partial charge is 0.0960 e. The van der Waals surface area contributed by atoms with Crippen molar-refractivity contribution >= 4 is 24.0 Å². The summed E-state index contributed by atoms with van der Waals surface area (Å²) in [7, 11) is 2.19. The van der Waals surface area contributed by atoms with Crippen molar-refractivity contribution in [3.05, 3.63) is 16.1 Å². The first-order valence-corrected chi connectivity index (χ1v) is 6.54. The van der Waals surface area contributed by atoms with E-state index < -0.39 is 0 Å². The SMILES string of the molecule is CN1CCC(c2nc(CS)cs2)CC1. The predicted octanol–water partition coefficient (Wildman–Crippen LogP) is 2.38. The number of hydrogen-bond donors (Lipinski definition) is 1. The van der Waals surface area contributed by atoms with E-state index in [0.29, 0.717) is 5.92 Å². The van der Waals surface area contributed by atoms with Crippen LogP contribution >= 0.6 is 24.0 Å². The first-order chi connectivity index (χ1) is 6.79. The van der Waals surface area contributed by atoms with Crippen LogP contribution in [0.25, 0.3) is 0 Å². The highest BCUT2D eigenvalue weighted by atomic mass is 32.1. The van der Waals surface area contributed by atoms with Gasteiger partial charge >= 0.3 is 0 Å². The second kappa shape index (κ2) is 4.64. The maximum Gasteiger partial charge on any atom is 0.0960 e. The first-order valence-electron chi connectivity index (χ1n) is 5.03. The molecule has 0 N–H and O–H groups in total. The molecule has 0 unspecified atom stereocenters. The Hall–Kier alpha value is -0.0600. The van der Waals surface area contributed by atoms with Crippen molar-refractivity contribution in [3.63, 3.8) is 0 Å². The lowest BCUT2D eigenvalue weighted by Crippen LogP contribution is -2.29. The molecule has 0 bridgehead atoms. The van der Waals surface area contributed by atoms with E-state index in [4.69, 9.17) is 0 Å². The van der Waals surface area contributed by atoms with Gasteiger partial charge in [0.25, 0.3) is 0 Å². The highest BCUT2D eigenvalue weighted by Crippen LogP contribution is 2.29. The fourth-order valence-corrected chi connectivity index (χ4v) is 3.11. The van der Waals surface area contributed by atoms with Gasteiger partial charge in [-0.3, -0.25) is 0 Å². The third kappa shape index (κ3) is 2.30. The van der Waals surface area contributed by atoms with Crippen molar-refractivity contribution in [2.45, 2.75) is 24.5 Å². The van der Waals surface area contributed by atoms with E-state index in [1.807, 2.05) is 0 Å². The summed E-state index contributed by atoms with van der Waals surface area (Å²) in [5, 5.41) is 3.46. The minimum Gasteiger partial charge on any atom is -0.306 e. The fourth-order valence-electron chi connectivity index (χ4n) is 1.84. The van der Waals surface area contributed by atoms with Crippen molar-refractivity contribution in [1.82, 2.24) is 9.88 Å². The lowest BCUT2D eigenvalue weighted by molar-refractivity contribution is 0.255. The average molecular weight is 228 g/mol. The summed E-state index contributed by atoms with van der Waals surface area (Å²) in [6, 6.07) is 0. The van der Waals surface area contributed by atoms with Crippen LogP contribution in [0.4, 0.5) is 0 Å². The van der Waals surface area contributed by atoms with E-state index in [2.05, 4.69) is 34.9 Å². The molecule has 0 aromatic carbocycles. The second-order valence-corrected chi connectivity index (χ2v) is 5.12. The number of rotatable bonds is 2. The van der Waals surface area contributed by atoms with Crippen LogP contribution in [0, 0.1) is 0 Å². The molecule has 0 saturated carbocycles. The van der Waals surface area contributed by atoms with Crippen LogP contribution < -0.4 is 0 Å². The summed E-state index contributed by atoms with van der Waals surface area (Å²) in [4.78, 5) is 6.99. The van der Waals surface area contributed by atoms with Gasteiger partial charge in [-0.2, -0.15) is 12.6 Å². The van der Waals surface area contributed by atoms with Gasteiger partial charge in [0.1, 0.15) is 0 Å². The van der Waals surface area contributed by atoms with E-state index in [1.54, 1.807) is 11.3 Å². The molecule has 0 spiro atoms. The zero-order valence-corrected chi connectivity index (χ0v) is 10.2. The van der Waals surface area contributed by atoms with E-state index in [-0.39, 0.29) is 0 Å². The van der Waals surface area contributed by atoms with Crippen LogP contribution in [0.15, 0.2) is 5.38 Å². The summed E-state index contributed by atoms with van der Waals surface area (Å²) < 4.78 is 0. The minimum absolute atomic E-state index is 0.699. The molecule has 2 rings (SSSR count). The topological polar surface area (TPSA) is 16.1 Å². The number of aromatic nitrogens is 1. The molecule has 14 heavy (non-hydrogen) atoms. The Morgan fingerprint density at radius 1 is 1.57 bits per heavy atom. The van der Waals surface area contributed by atoms with Crippen molar-refractivity contribution in [2.24, 2.45) is 0 Å². The second-order valence-electron chi connectivity index (χ2n) is 3.91. The Balaban J connectivity index is 2.01. The van der Waals surface area contributed by atoms with Gasteiger partial charge in [0, 0.05) is 17.1 Å². The molecule has 1 fully saturated rings. The number of likely N-dealkylation sites (tertiary alicyclic amines) is 1. The number of thiol groups is 1. The standard InChI is InChI=1S/C10H16N2S2/c1-12-4-2-8(3-5-12)10-11-9(6-13)7-14-10/h7-8,13H,2-6H2,1H3. The molecule has 78 valence electrons. The van der Waals surface area contributed by atoms with Gasteiger partial charge in [-0.25, -0.2) is 4.98 Å². The van der Waals surface area contributed by atoms with Crippen LogP contribution in [0.3, 0.4) is 0 Å². The molecular weight excluding hydrogens is 212 g/mol. The fraction of sp³-hybridized carbons (Fsp3) is 0.700. The lowest BCUT2D eigenvalue weighted by Gasteiger charge is -2.27. The molecule has 1 aromatic heterocycles. The normalized spacial score (nSPS) is 20.1. The Labute approximate surface area is 94.8 Å². The highest BCUT2D eigenvalue weighted by molar-refractivity contribution is 7.79. The molecular formula is C10H16N2S2. The van der Waals surface area contributed by atoms with Crippen molar-refractivity contribution in [3.8, 4) is 0 Å². The van der Waals surface area contributed by atoms with Gasteiger partial charge in [-0.15, -0.1) is 11.3 Å². The molecule has 0 radical (unpaired) electrons. The van der Waals surface area contributed by atoms with Gasteiger partial charge < -0.3 is 4.90 Å². The van der Waals surface area contributed by atoms with Crippen LogP contribution in [0.5, 0.6) is 0 Å². The van der Waals surface area contributed by atoms with Gasteiger partial charge in [-0.05, 0) is 33.0 Å². The van der Waals surface area contributed by atoms with Crippen LogP contribution in [0.2, 0.25) is 0 Å². The van der Waals surface area contributed by atoms with Crippen LogP contribution in [0.1, 0.15) is 29.5 Å². The summed E-state index contributed by atoms with van der Waals surface area (Å²) in [5.74, 6) is 1.47. The third-order valence-electron chi connectivity index (χ3n) is 2.80. The number of nitrogens with zero attached hydrogens (tertiary/aromatic N) is 2. The van der Waals surface area contributed by atoms with Crippen molar-refractivity contribution in [1.29, 1.82) is 0 Å². The maximum atomic E-state index is 4.60. The Morgan fingerprint density at radius 2 is 2.29 bits per heavy atom. The average Bonchev–Trinajstić information content (AvgIpc) is 2.67. The number of piperidine rings is 1. The van der Waals surface area contributed by atoms with Crippen molar-refractivity contribution < 1.29 is 0 Å². The molecule has 0 amide bonds. The molecule has 0 atom stereocenters. The van der Waals surface area contributed by atoms with E-state index in [9.17, 15) is 0 Å². The van der Waals surface area contributed by atoms with Gasteiger partial charge in [0.2, 0.25) is 0 Å². The summed E-state index contributed by atoms with van der Waals surface area (Å²) >= 11 is 6.04. The minimum atomic E-state index is 0.699. The van der Waals surface area contributed by atoms with Crippen LogP contribution in [-0.2, 0) is 5.75 Å². The highest BCUT2D eigenvalue weighted by Gasteiger charge is 2.20. The number of hydrogen-bond acceptors (Lipinski definition) is 4. The predicted molar refractivity (Wildman–Crippen MR) is 64.3 cm³/mol. The Morgan fingerprint density at radius 3 is 2.86 bits per heavy atom. The summed E-state index contributed by atoms with van der Waals surface area (Å²) in [6.07, 6.45) is 2.52. The molecule has 1 aliphatic rings. The largest absolute Gasteiger partial charge is 0.306 e. The molecule has 1 aromatic rings. The van der Waals surface area contributed by atoms with Gasteiger partial charge in [-0.1, -0.05) is 0 Å². The quantitative estimate of drug-likeness (QED) is 0.782. The van der Waals surface area contributed by atoms with Crippen LogP contribution in [-0.4, -0.2) is 30.0 Å².